The highest BCUT2D eigenvalue weighted by Gasteiger charge is 2.40. The predicted octanol–water partition coefficient (Wildman–Crippen LogP) is 3.50. The first-order valence-corrected chi connectivity index (χ1v) is 8.45. The molecule has 2 aromatic heterocycles. The highest BCUT2D eigenvalue weighted by molar-refractivity contribution is 8.07. The van der Waals surface area contributed by atoms with Gasteiger partial charge < -0.3 is 4.42 Å². The van der Waals surface area contributed by atoms with Gasteiger partial charge >= 0.3 is 0 Å². The fourth-order valence-electron chi connectivity index (χ4n) is 2.40. The molecule has 2 aliphatic rings. The topological polar surface area (TPSA) is 47.1 Å². The van der Waals surface area contributed by atoms with Gasteiger partial charge in [-0.2, -0.15) is 0 Å². The molecule has 0 bridgehead atoms. The summed E-state index contributed by atoms with van der Waals surface area (Å²) in [5.74, 6) is 2.00. The van der Waals surface area contributed by atoms with E-state index in [-0.39, 0.29) is 5.37 Å². The van der Waals surface area contributed by atoms with Crippen LogP contribution in [0, 0.1) is 0 Å². The van der Waals surface area contributed by atoms with Gasteiger partial charge in [-0.3, -0.25) is 0 Å². The Morgan fingerprint density at radius 1 is 1.40 bits per heavy atom. The lowest BCUT2D eigenvalue weighted by Gasteiger charge is -2.23. The third-order valence-corrected chi connectivity index (χ3v) is 5.52. The van der Waals surface area contributed by atoms with Gasteiger partial charge in [-0.15, -0.1) is 10.2 Å². The van der Waals surface area contributed by atoms with Gasteiger partial charge in [0.2, 0.25) is 5.16 Å². The van der Waals surface area contributed by atoms with E-state index in [0.29, 0.717) is 0 Å². The molecule has 0 fully saturated rings. The second-order valence-electron chi connectivity index (χ2n) is 4.72. The van der Waals surface area contributed by atoms with E-state index in [4.69, 9.17) is 4.42 Å². The largest absolute Gasteiger partial charge is 0.466 e. The number of furan rings is 1. The molecule has 0 radical (unpaired) electrons. The van der Waals surface area contributed by atoms with Gasteiger partial charge in [0.15, 0.2) is 11.2 Å². The third-order valence-electron chi connectivity index (χ3n) is 3.37. The molecule has 20 heavy (non-hydrogen) atoms. The number of hydrogen-bond acceptors (Lipinski definition) is 6. The summed E-state index contributed by atoms with van der Waals surface area (Å²) in [7, 11) is 0. The number of fused-ring (bicyclic) bond motifs is 3. The van der Waals surface area contributed by atoms with Crippen LogP contribution in [0.2, 0.25) is 0 Å². The van der Waals surface area contributed by atoms with Crippen LogP contribution in [0.1, 0.15) is 36.7 Å². The van der Waals surface area contributed by atoms with Crippen molar-refractivity contribution in [3.8, 4) is 0 Å². The van der Waals surface area contributed by atoms with E-state index >= 15 is 0 Å². The Morgan fingerprint density at radius 2 is 2.35 bits per heavy atom. The maximum Gasteiger partial charge on any atom is 0.216 e. The lowest BCUT2D eigenvalue weighted by atomic mass is 10.2. The normalized spacial score (nSPS) is 20.1. The minimum atomic E-state index is 0.144. The number of unbranched alkanes of at least 4 members (excludes halogenated alkanes) is 1. The zero-order chi connectivity index (χ0) is 13.5. The number of thioether (sulfide) groups is 2. The van der Waals surface area contributed by atoms with E-state index in [1.807, 2.05) is 12.1 Å². The number of nitrogens with zero attached hydrogens (tertiary/aromatic N) is 4. The lowest BCUT2D eigenvalue weighted by Crippen LogP contribution is -2.30. The summed E-state index contributed by atoms with van der Waals surface area (Å²) in [6.07, 6.45) is 4.98. The molecular formula is C13H14N4OS2. The van der Waals surface area contributed by atoms with Crippen molar-refractivity contribution in [1.29, 1.82) is 0 Å². The zero-order valence-electron chi connectivity index (χ0n) is 11.0. The van der Waals surface area contributed by atoms with E-state index in [2.05, 4.69) is 32.2 Å². The fourth-order valence-corrected chi connectivity index (χ4v) is 4.60. The Bertz CT molecular complexity index is 649. The van der Waals surface area contributed by atoms with Gasteiger partial charge in [0.25, 0.3) is 0 Å². The van der Waals surface area contributed by atoms with Crippen LogP contribution in [0.4, 0.5) is 0 Å². The maximum absolute atomic E-state index is 5.58. The summed E-state index contributed by atoms with van der Waals surface area (Å²) in [6.45, 7) is 2.19. The predicted molar refractivity (Wildman–Crippen MR) is 79.8 cm³/mol. The maximum atomic E-state index is 5.58. The van der Waals surface area contributed by atoms with Crippen LogP contribution >= 0.6 is 23.5 Å². The molecule has 0 aromatic carbocycles. The van der Waals surface area contributed by atoms with Gasteiger partial charge in [-0.1, -0.05) is 25.1 Å². The fraction of sp³-hybridized carbons (Fsp3) is 0.385. The molecule has 0 spiro atoms. The number of rotatable bonds is 4. The Balaban J connectivity index is 1.70. The first kappa shape index (κ1) is 12.4. The van der Waals surface area contributed by atoms with Crippen molar-refractivity contribution in [2.75, 3.05) is 5.01 Å². The quantitative estimate of drug-likeness (QED) is 0.861. The van der Waals surface area contributed by atoms with Crippen molar-refractivity contribution in [3.63, 3.8) is 0 Å². The van der Waals surface area contributed by atoms with Crippen LogP contribution in [0.25, 0.3) is 0 Å². The second kappa shape index (κ2) is 4.89. The van der Waals surface area contributed by atoms with Crippen molar-refractivity contribution in [2.45, 2.75) is 36.7 Å². The van der Waals surface area contributed by atoms with Crippen molar-refractivity contribution in [3.05, 3.63) is 40.4 Å². The standard InChI is InChI=1S/C13H14N4OS2/c1-2-3-6-10-14-15-13-16(10)17-11(20-13)8-19-12(17)9-5-4-7-18-9/h4-5,7-8,12H,2-3,6H2,1H3. The van der Waals surface area contributed by atoms with E-state index in [1.165, 1.54) is 5.03 Å². The molecule has 1 unspecified atom stereocenters. The lowest BCUT2D eigenvalue weighted by molar-refractivity contribution is 0.476. The minimum absolute atomic E-state index is 0.144. The van der Waals surface area contributed by atoms with E-state index < -0.39 is 0 Å². The van der Waals surface area contributed by atoms with Crippen LogP contribution in [0.5, 0.6) is 0 Å². The number of aryl methyl sites for hydroxylation is 1. The van der Waals surface area contributed by atoms with Crippen LogP contribution in [0.15, 0.2) is 38.4 Å². The summed E-state index contributed by atoms with van der Waals surface area (Å²) in [6, 6.07) is 3.95. The third kappa shape index (κ3) is 1.80. The Morgan fingerprint density at radius 3 is 3.15 bits per heavy atom. The smallest absolute Gasteiger partial charge is 0.216 e. The van der Waals surface area contributed by atoms with Gasteiger partial charge in [0, 0.05) is 11.8 Å². The average molecular weight is 306 g/mol. The van der Waals surface area contributed by atoms with Crippen LogP contribution in [-0.4, -0.2) is 14.9 Å². The second-order valence-corrected chi connectivity index (χ2v) is 6.66. The Labute approximate surface area is 125 Å². The monoisotopic (exact) mass is 306 g/mol. The molecule has 0 N–H and O–H groups in total. The molecule has 0 aliphatic carbocycles. The molecule has 5 nitrogen and oxygen atoms in total. The van der Waals surface area contributed by atoms with Crippen LogP contribution in [0.3, 0.4) is 0 Å². The van der Waals surface area contributed by atoms with Crippen molar-refractivity contribution in [1.82, 2.24) is 14.9 Å². The van der Waals surface area contributed by atoms with Gasteiger partial charge in [0.05, 0.1) is 6.26 Å². The van der Waals surface area contributed by atoms with Crippen LogP contribution in [-0.2, 0) is 6.42 Å². The van der Waals surface area contributed by atoms with Gasteiger partial charge in [-0.25, -0.2) is 9.69 Å². The van der Waals surface area contributed by atoms with E-state index in [0.717, 1.165) is 36.0 Å². The molecule has 0 saturated heterocycles. The molecule has 7 heteroatoms. The first-order valence-electron chi connectivity index (χ1n) is 6.69. The molecule has 1 atom stereocenters. The average Bonchev–Trinajstić information content (AvgIpc) is 3.18. The van der Waals surface area contributed by atoms with E-state index in [1.54, 1.807) is 29.8 Å². The van der Waals surface area contributed by atoms with E-state index in [9.17, 15) is 0 Å². The molecule has 4 heterocycles. The summed E-state index contributed by atoms with van der Waals surface area (Å²) in [5.41, 5.74) is 0. The molecule has 0 amide bonds. The first-order chi connectivity index (χ1) is 9.88. The van der Waals surface area contributed by atoms with Crippen molar-refractivity contribution >= 4 is 23.5 Å². The van der Waals surface area contributed by atoms with Crippen LogP contribution < -0.4 is 5.01 Å². The molecule has 104 valence electrons. The highest BCUT2D eigenvalue weighted by atomic mass is 32.2. The van der Waals surface area contributed by atoms with Gasteiger partial charge in [0.1, 0.15) is 10.8 Å². The summed E-state index contributed by atoms with van der Waals surface area (Å²) < 4.78 is 7.73. The van der Waals surface area contributed by atoms with Gasteiger partial charge in [-0.05, 0) is 30.3 Å². The summed E-state index contributed by atoms with van der Waals surface area (Å²) >= 11 is 3.44. The SMILES string of the molecule is CCCCc1nnc2n1N1C(=CSC1c1ccco1)S2. The highest BCUT2D eigenvalue weighted by Crippen LogP contribution is 2.51. The Hall–Kier alpha value is -1.34. The molecular weight excluding hydrogens is 292 g/mol. The number of aromatic nitrogens is 3. The summed E-state index contributed by atoms with van der Waals surface area (Å²) in [5, 5.41) is 15.4. The molecule has 0 saturated carbocycles. The number of hydrogen-bond donors (Lipinski definition) is 0. The minimum Gasteiger partial charge on any atom is -0.466 e. The van der Waals surface area contributed by atoms with Crippen molar-refractivity contribution < 1.29 is 4.42 Å². The molecule has 4 rings (SSSR count). The summed E-state index contributed by atoms with van der Waals surface area (Å²) in [4.78, 5) is 0. The van der Waals surface area contributed by atoms with Crippen molar-refractivity contribution in [2.24, 2.45) is 0 Å². The Kier molecular flexibility index (Phi) is 3.03. The molecule has 2 aromatic rings. The zero-order valence-corrected chi connectivity index (χ0v) is 12.7. The molecule has 2 aliphatic heterocycles.